The van der Waals surface area contributed by atoms with Crippen LogP contribution in [0.5, 0.6) is 5.75 Å². The number of Topliss-reactive ketones (excluding diaryl/α,β-unsaturated/α-hetero) is 1. The lowest BCUT2D eigenvalue weighted by Crippen LogP contribution is -2.05. The molecule has 138 valence electrons. The molecule has 0 saturated heterocycles. The summed E-state index contributed by atoms with van der Waals surface area (Å²) in [6.45, 7) is 1.51. The number of hydrogen-bond donors (Lipinski definition) is 0. The van der Waals surface area contributed by atoms with Gasteiger partial charge in [0.05, 0.1) is 7.11 Å². The fourth-order valence-electron chi connectivity index (χ4n) is 2.55. The molecule has 0 N–H and O–H groups in total. The van der Waals surface area contributed by atoms with E-state index in [1.807, 2.05) is 0 Å². The van der Waals surface area contributed by atoms with E-state index in [1.165, 1.54) is 14.0 Å². The lowest BCUT2D eigenvalue weighted by Gasteiger charge is -2.09. The van der Waals surface area contributed by atoms with Crippen LogP contribution in [-0.2, 0) is 11.3 Å². The standard InChI is InChI=1S/C21H17ClO5/c1-13(23)14-3-5-15(6-4-14)19-9-10-20(27-19)21(24)26-12-16-11-17(22)7-8-18(16)25-2/h3-11H,12H2,1-2H3. The van der Waals surface area contributed by atoms with E-state index >= 15 is 0 Å². The van der Waals surface area contributed by atoms with E-state index in [9.17, 15) is 9.59 Å². The second kappa shape index (κ2) is 8.10. The summed E-state index contributed by atoms with van der Waals surface area (Å²) < 4.78 is 16.1. The summed E-state index contributed by atoms with van der Waals surface area (Å²) in [5.41, 5.74) is 2.03. The van der Waals surface area contributed by atoms with Gasteiger partial charge in [0.1, 0.15) is 18.1 Å². The Morgan fingerprint density at radius 2 is 1.78 bits per heavy atom. The molecule has 0 aliphatic rings. The zero-order chi connectivity index (χ0) is 19.4. The lowest BCUT2D eigenvalue weighted by molar-refractivity contribution is 0.0434. The predicted octanol–water partition coefficient (Wildman–Crippen LogP) is 5.17. The molecule has 0 unspecified atom stereocenters. The molecule has 5 nitrogen and oxygen atoms in total. The predicted molar refractivity (Wildman–Crippen MR) is 101 cm³/mol. The van der Waals surface area contributed by atoms with Crippen LogP contribution in [0.1, 0.15) is 33.4 Å². The summed E-state index contributed by atoms with van der Waals surface area (Å²) in [6.07, 6.45) is 0. The quantitative estimate of drug-likeness (QED) is 0.433. The molecule has 0 radical (unpaired) electrons. The first-order chi connectivity index (χ1) is 13.0. The highest BCUT2D eigenvalue weighted by Gasteiger charge is 2.15. The van der Waals surface area contributed by atoms with Crippen LogP contribution in [0.3, 0.4) is 0 Å². The SMILES string of the molecule is COc1ccc(Cl)cc1COC(=O)c1ccc(-c2ccc(C(C)=O)cc2)o1. The largest absolute Gasteiger partial charge is 0.496 e. The molecule has 3 aromatic rings. The minimum absolute atomic E-state index is 0.00586. The number of ether oxygens (including phenoxy) is 2. The molecule has 6 heteroatoms. The second-order valence-electron chi connectivity index (χ2n) is 5.83. The van der Waals surface area contributed by atoms with Crippen LogP contribution in [0.2, 0.25) is 5.02 Å². The number of esters is 1. The molecule has 0 bridgehead atoms. The van der Waals surface area contributed by atoms with Crippen LogP contribution in [0, 0.1) is 0 Å². The van der Waals surface area contributed by atoms with E-state index in [1.54, 1.807) is 54.6 Å². The van der Waals surface area contributed by atoms with E-state index in [2.05, 4.69) is 0 Å². The van der Waals surface area contributed by atoms with Crippen LogP contribution in [-0.4, -0.2) is 18.9 Å². The van der Waals surface area contributed by atoms with Crippen molar-refractivity contribution in [3.05, 3.63) is 76.5 Å². The van der Waals surface area contributed by atoms with Gasteiger partial charge in [0.2, 0.25) is 5.76 Å². The van der Waals surface area contributed by atoms with Crippen molar-refractivity contribution in [1.29, 1.82) is 0 Å². The van der Waals surface area contributed by atoms with Gasteiger partial charge < -0.3 is 13.9 Å². The number of benzene rings is 2. The minimum Gasteiger partial charge on any atom is -0.496 e. The van der Waals surface area contributed by atoms with Crippen molar-refractivity contribution >= 4 is 23.4 Å². The van der Waals surface area contributed by atoms with Crippen molar-refractivity contribution in [2.45, 2.75) is 13.5 Å². The Kier molecular flexibility index (Phi) is 5.62. The van der Waals surface area contributed by atoms with Crippen molar-refractivity contribution in [3.8, 4) is 17.1 Å². The molecular formula is C21H17ClO5. The highest BCUT2D eigenvalue weighted by molar-refractivity contribution is 6.30. The Balaban J connectivity index is 1.70. The first-order valence-electron chi connectivity index (χ1n) is 8.18. The Bertz CT molecular complexity index is 972. The molecule has 3 rings (SSSR count). The van der Waals surface area contributed by atoms with Gasteiger partial charge in [-0.1, -0.05) is 35.9 Å². The number of carbonyl (C=O) groups excluding carboxylic acids is 2. The maximum absolute atomic E-state index is 12.3. The third-order valence-corrected chi connectivity index (χ3v) is 4.22. The average molecular weight is 385 g/mol. The summed E-state index contributed by atoms with van der Waals surface area (Å²) in [6, 6.07) is 15.3. The van der Waals surface area contributed by atoms with Crippen LogP contribution < -0.4 is 4.74 Å². The molecule has 2 aromatic carbocycles. The van der Waals surface area contributed by atoms with Gasteiger partial charge in [-0.25, -0.2) is 4.79 Å². The van der Waals surface area contributed by atoms with Crippen molar-refractivity contribution in [1.82, 2.24) is 0 Å². The Morgan fingerprint density at radius 1 is 1.04 bits per heavy atom. The Labute approximate surface area is 161 Å². The first kappa shape index (κ1) is 18.7. The molecule has 0 spiro atoms. The van der Waals surface area contributed by atoms with E-state index in [0.29, 0.717) is 27.7 Å². The fourth-order valence-corrected chi connectivity index (χ4v) is 2.74. The van der Waals surface area contributed by atoms with Gasteiger partial charge in [0.25, 0.3) is 0 Å². The van der Waals surface area contributed by atoms with E-state index in [-0.39, 0.29) is 18.2 Å². The first-order valence-corrected chi connectivity index (χ1v) is 8.56. The second-order valence-corrected chi connectivity index (χ2v) is 6.27. The maximum atomic E-state index is 12.3. The van der Waals surface area contributed by atoms with Crippen LogP contribution in [0.15, 0.2) is 59.0 Å². The van der Waals surface area contributed by atoms with Crippen molar-refractivity contribution in [3.63, 3.8) is 0 Å². The van der Waals surface area contributed by atoms with Crippen LogP contribution in [0.4, 0.5) is 0 Å². The Hall–Kier alpha value is -3.05. The van der Waals surface area contributed by atoms with Gasteiger partial charge in [-0.3, -0.25) is 4.79 Å². The van der Waals surface area contributed by atoms with Gasteiger partial charge in [0.15, 0.2) is 5.78 Å². The number of methoxy groups -OCH3 is 1. The molecule has 0 aliphatic carbocycles. The molecule has 0 aliphatic heterocycles. The molecule has 27 heavy (non-hydrogen) atoms. The highest BCUT2D eigenvalue weighted by atomic mass is 35.5. The van der Waals surface area contributed by atoms with Crippen LogP contribution in [0.25, 0.3) is 11.3 Å². The Morgan fingerprint density at radius 3 is 2.44 bits per heavy atom. The van der Waals surface area contributed by atoms with Crippen molar-refractivity contribution in [2.75, 3.05) is 7.11 Å². The monoisotopic (exact) mass is 384 g/mol. The number of carbonyl (C=O) groups is 2. The third kappa shape index (κ3) is 4.38. The van der Waals surface area contributed by atoms with Crippen molar-refractivity contribution < 1.29 is 23.5 Å². The fraction of sp³-hybridized carbons (Fsp3) is 0.143. The van der Waals surface area contributed by atoms with E-state index in [4.69, 9.17) is 25.5 Å². The van der Waals surface area contributed by atoms with Crippen LogP contribution >= 0.6 is 11.6 Å². The smallest absolute Gasteiger partial charge is 0.374 e. The molecule has 0 atom stereocenters. The van der Waals surface area contributed by atoms with Gasteiger partial charge in [-0.05, 0) is 37.3 Å². The zero-order valence-corrected chi connectivity index (χ0v) is 15.6. The minimum atomic E-state index is -0.594. The normalized spacial score (nSPS) is 10.5. The molecule has 1 aromatic heterocycles. The zero-order valence-electron chi connectivity index (χ0n) is 14.8. The van der Waals surface area contributed by atoms with E-state index < -0.39 is 5.97 Å². The summed E-state index contributed by atoms with van der Waals surface area (Å²) in [7, 11) is 1.53. The average Bonchev–Trinajstić information content (AvgIpc) is 3.16. The highest BCUT2D eigenvalue weighted by Crippen LogP contribution is 2.25. The summed E-state index contributed by atoms with van der Waals surface area (Å²) in [5.74, 6) is 0.572. The molecule has 1 heterocycles. The summed E-state index contributed by atoms with van der Waals surface area (Å²) in [5, 5.41) is 0.524. The summed E-state index contributed by atoms with van der Waals surface area (Å²) in [4.78, 5) is 23.6. The van der Waals surface area contributed by atoms with Gasteiger partial charge >= 0.3 is 5.97 Å². The van der Waals surface area contributed by atoms with Gasteiger partial charge in [-0.2, -0.15) is 0 Å². The van der Waals surface area contributed by atoms with Crippen molar-refractivity contribution in [2.24, 2.45) is 0 Å². The summed E-state index contributed by atoms with van der Waals surface area (Å²) >= 11 is 5.97. The topological polar surface area (TPSA) is 65.7 Å². The molecule has 0 saturated carbocycles. The number of hydrogen-bond acceptors (Lipinski definition) is 5. The number of ketones is 1. The van der Waals surface area contributed by atoms with Gasteiger partial charge in [-0.15, -0.1) is 0 Å². The molecule has 0 fully saturated rings. The number of halogens is 1. The molecule has 0 amide bonds. The third-order valence-electron chi connectivity index (χ3n) is 3.98. The van der Waals surface area contributed by atoms with Gasteiger partial charge in [0, 0.05) is 21.7 Å². The lowest BCUT2D eigenvalue weighted by atomic mass is 10.1. The molecular weight excluding hydrogens is 368 g/mol. The maximum Gasteiger partial charge on any atom is 0.374 e. The van der Waals surface area contributed by atoms with E-state index in [0.717, 1.165) is 5.56 Å². The number of furan rings is 1. The number of rotatable bonds is 6.